The van der Waals surface area contributed by atoms with E-state index in [9.17, 15) is 14.4 Å². The highest BCUT2D eigenvalue weighted by atomic mass is 16.5. The number of rotatable bonds is 4. The zero-order valence-electron chi connectivity index (χ0n) is 8.89. The molecule has 1 fully saturated rings. The highest BCUT2D eigenvalue weighted by Gasteiger charge is 2.24. The number of nitrogens with one attached hydrogen (secondary N) is 1. The molecule has 1 atom stereocenters. The first-order chi connectivity index (χ1) is 7.63. The van der Waals surface area contributed by atoms with Gasteiger partial charge in [0.25, 0.3) is 0 Å². The Balaban J connectivity index is 2.27. The summed E-state index contributed by atoms with van der Waals surface area (Å²) < 4.78 is 9.09. The minimum absolute atomic E-state index is 0.0379. The zero-order chi connectivity index (χ0) is 12.0. The number of methoxy groups -OCH3 is 1. The van der Waals surface area contributed by atoms with Crippen molar-refractivity contribution in [2.45, 2.75) is 6.42 Å². The Bertz CT molecular complexity index is 323. The van der Waals surface area contributed by atoms with E-state index in [4.69, 9.17) is 4.74 Å². The van der Waals surface area contributed by atoms with Gasteiger partial charge in [0.05, 0.1) is 13.0 Å². The van der Waals surface area contributed by atoms with Crippen LogP contribution in [0.15, 0.2) is 12.2 Å². The fourth-order valence-electron chi connectivity index (χ4n) is 1.24. The molecular formula is C10H13NO5. The van der Waals surface area contributed by atoms with Gasteiger partial charge in [-0.3, -0.25) is 4.79 Å². The lowest BCUT2D eigenvalue weighted by Gasteiger charge is -2.05. The molecule has 0 aromatic carbocycles. The number of hydrogen-bond acceptors (Lipinski definition) is 5. The Hall–Kier alpha value is -1.85. The fraction of sp³-hybridized carbons (Fsp3) is 0.500. The van der Waals surface area contributed by atoms with Crippen molar-refractivity contribution in [1.29, 1.82) is 0 Å². The van der Waals surface area contributed by atoms with E-state index in [2.05, 4.69) is 10.1 Å². The lowest BCUT2D eigenvalue weighted by molar-refractivity contribution is -0.141. The molecule has 1 rings (SSSR count). The molecule has 88 valence electrons. The first-order valence-electron chi connectivity index (χ1n) is 4.84. The molecular weight excluding hydrogens is 214 g/mol. The molecule has 0 spiro atoms. The highest BCUT2D eigenvalue weighted by Crippen LogP contribution is 2.09. The van der Waals surface area contributed by atoms with E-state index in [1.165, 1.54) is 7.11 Å². The second-order valence-corrected chi connectivity index (χ2v) is 3.26. The molecule has 16 heavy (non-hydrogen) atoms. The van der Waals surface area contributed by atoms with E-state index in [1.807, 2.05) is 0 Å². The predicted molar refractivity (Wildman–Crippen MR) is 53.2 cm³/mol. The van der Waals surface area contributed by atoms with Crippen molar-refractivity contribution in [2.75, 3.05) is 20.3 Å². The largest absolute Gasteiger partial charge is 0.466 e. The van der Waals surface area contributed by atoms with Gasteiger partial charge in [-0.2, -0.15) is 0 Å². The third kappa shape index (κ3) is 3.72. The van der Waals surface area contributed by atoms with Gasteiger partial charge < -0.3 is 14.8 Å². The maximum atomic E-state index is 11.1. The Morgan fingerprint density at radius 2 is 2.12 bits per heavy atom. The molecule has 1 unspecified atom stereocenters. The predicted octanol–water partition coefficient (Wildman–Crippen LogP) is -0.605. The Morgan fingerprint density at radius 1 is 1.44 bits per heavy atom. The molecule has 6 nitrogen and oxygen atoms in total. The third-order valence-corrected chi connectivity index (χ3v) is 2.15. The fourth-order valence-corrected chi connectivity index (χ4v) is 1.24. The molecule has 1 aliphatic heterocycles. The molecule has 1 saturated heterocycles. The smallest absolute Gasteiger partial charge is 0.331 e. The number of ether oxygens (including phenoxy) is 2. The van der Waals surface area contributed by atoms with Crippen LogP contribution in [0, 0.1) is 5.92 Å². The van der Waals surface area contributed by atoms with E-state index in [1.54, 1.807) is 0 Å². The Morgan fingerprint density at radius 3 is 2.69 bits per heavy atom. The van der Waals surface area contributed by atoms with Gasteiger partial charge in [-0.05, 0) is 6.42 Å². The number of esters is 2. The van der Waals surface area contributed by atoms with Crippen molar-refractivity contribution in [1.82, 2.24) is 5.32 Å². The normalized spacial score (nSPS) is 19.6. The summed E-state index contributed by atoms with van der Waals surface area (Å²) in [6.07, 6.45) is 2.60. The van der Waals surface area contributed by atoms with Gasteiger partial charge in [0.1, 0.15) is 6.61 Å². The Labute approximate surface area is 92.6 Å². The highest BCUT2D eigenvalue weighted by molar-refractivity contribution is 5.91. The van der Waals surface area contributed by atoms with Crippen LogP contribution >= 0.6 is 0 Å². The summed E-state index contributed by atoms with van der Waals surface area (Å²) >= 11 is 0. The molecule has 0 bridgehead atoms. The zero-order valence-corrected chi connectivity index (χ0v) is 8.89. The molecule has 0 aromatic rings. The van der Waals surface area contributed by atoms with E-state index >= 15 is 0 Å². The minimum atomic E-state index is -0.662. The lowest BCUT2D eigenvalue weighted by Crippen LogP contribution is -2.23. The van der Waals surface area contributed by atoms with Crippen LogP contribution in [0.1, 0.15) is 6.42 Å². The number of hydrogen-bond donors (Lipinski definition) is 1. The van der Waals surface area contributed by atoms with E-state index in [0.717, 1.165) is 12.2 Å². The first kappa shape index (κ1) is 12.2. The number of carbonyl (C=O) groups excluding carboxylic acids is 3. The van der Waals surface area contributed by atoms with E-state index in [0.29, 0.717) is 13.0 Å². The van der Waals surface area contributed by atoms with E-state index in [-0.39, 0.29) is 18.4 Å². The molecule has 0 aliphatic carbocycles. The van der Waals surface area contributed by atoms with Crippen LogP contribution in [0.4, 0.5) is 0 Å². The topological polar surface area (TPSA) is 81.7 Å². The van der Waals surface area contributed by atoms with Crippen LogP contribution in [0.5, 0.6) is 0 Å². The van der Waals surface area contributed by atoms with Gasteiger partial charge in [0.15, 0.2) is 0 Å². The summed E-state index contributed by atoms with van der Waals surface area (Å²) in [5, 5.41) is 2.63. The summed E-state index contributed by atoms with van der Waals surface area (Å²) in [5.41, 5.74) is 0. The summed E-state index contributed by atoms with van der Waals surface area (Å²) in [6.45, 7) is 0.648. The maximum Gasteiger partial charge on any atom is 0.331 e. The number of carbonyl (C=O) groups is 3. The van der Waals surface area contributed by atoms with Crippen molar-refractivity contribution >= 4 is 17.8 Å². The second kappa shape index (κ2) is 5.89. The SMILES string of the molecule is COC(=O)/C=C/C(=O)OCC1CCNC1=O. The van der Waals surface area contributed by atoms with Gasteiger partial charge >= 0.3 is 11.9 Å². The molecule has 1 N–H and O–H groups in total. The maximum absolute atomic E-state index is 11.1. The van der Waals surface area contributed by atoms with Crippen LogP contribution in [0.3, 0.4) is 0 Å². The first-order valence-corrected chi connectivity index (χ1v) is 4.84. The minimum Gasteiger partial charge on any atom is -0.466 e. The summed E-state index contributed by atoms with van der Waals surface area (Å²) in [7, 11) is 1.21. The summed E-state index contributed by atoms with van der Waals surface area (Å²) in [4.78, 5) is 32.8. The van der Waals surface area contributed by atoms with Gasteiger partial charge in [0, 0.05) is 18.7 Å². The third-order valence-electron chi connectivity index (χ3n) is 2.15. The van der Waals surface area contributed by atoms with Gasteiger partial charge in [-0.1, -0.05) is 0 Å². The molecule has 0 saturated carbocycles. The average Bonchev–Trinajstić information content (AvgIpc) is 2.69. The monoisotopic (exact) mass is 227 g/mol. The van der Waals surface area contributed by atoms with Crippen LogP contribution in [-0.2, 0) is 23.9 Å². The Kier molecular flexibility index (Phi) is 4.50. The van der Waals surface area contributed by atoms with Crippen molar-refractivity contribution < 1.29 is 23.9 Å². The van der Waals surface area contributed by atoms with Gasteiger partial charge in [-0.25, -0.2) is 9.59 Å². The molecule has 0 radical (unpaired) electrons. The van der Waals surface area contributed by atoms with Crippen LogP contribution in [-0.4, -0.2) is 38.1 Å². The molecule has 1 amide bonds. The second-order valence-electron chi connectivity index (χ2n) is 3.26. The summed E-state index contributed by atoms with van der Waals surface area (Å²) in [5.74, 6) is -1.68. The van der Waals surface area contributed by atoms with Crippen molar-refractivity contribution in [2.24, 2.45) is 5.92 Å². The molecule has 1 aliphatic rings. The number of amides is 1. The van der Waals surface area contributed by atoms with Crippen molar-refractivity contribution in [3.05, 3.63) is 12.2 Å². The summed E-state index contributed by atoms with van der Waals surface area (Å²) in [6, 6.07) is 0. The van der Waals surface area contributed by atoms with Crippen molar-refractivity contribution in [3.8, 4) is 0 Å². The van der Waals surface area contributed by atoms with Gasteiger partial charge in [0.2, 0.25) is 5.91 Å². The average molecular weight is 227 g/mol. The van der Waals surface area contributed by atoms with Crippen LogP contribution in [0.25, 0.3) is 0 Å². The lowest BCUT2D eigenvalue weighted by atomic mass is 10.1. The van der Waals surface area contributed by atoms with Crippen LogP contribution in [0.2, 0.25) is 0 Å². The quantitative estimate of drug-likeness (QED) is 0.512. The standard InChI is InChI=1S/C10H13NO5/c1-15-8(12)2-3-9(13)16-6-7-4-5-11-10(7)14/h2-3,7H,4-6H2,1H3,(H,11,14)/b3-2+. The van der Waals surface area contributed by atoms with Crippen LogP contribution < -0.4 is 5.32 Å². The van der Waals surface area contributed by atoms with Gasteiger partial charge in [-0.15, -0.1) is 0 Å². The van der Waals surface area contributed by atoms with Crippen molar-refractivity contribution in [3.63, 3.8) is 0 Å². The molecule has 6 heteroatoms. The molecule has 0 aromatic heterocycles. The molecule has 1 heterocycles. The van der Waals surface area contributed by atoms with E-state index < -0.39 is 11.9 Å².